The Kier molecular flexibility index (Phi) is 2.36. The Labute approximate surface area is 100 Å². The van der Waals surface area contributed by atoms with Gasteiger partial charge in [-0.15, -0.1) is 0 Å². The van der Waals surface area contributed by atoms with Crippen LogP contribution in [-0.2, 0) is 6.54 Å². The van der Waals surface area contributed by atoms with E-state index < -0.39 is 0 Å². The summed E-state index contributed by atoms with van der Waals surface area (Å²) in [5.41, 5.74) is 3.69. The van der Waals surface area contributed by atoms with Crippen molar-refractivity contribution < 1.29 is 0 Å². The van der Waals surface area contributed by atoms with E-state index in [1.807, 2.05) is 0 Å². The van der Waals surface area contributed by atoms with Crippen molar-refractivity contribution in [2.75, 3.05) is 0 Å². The zero-order valence-electron chi connectivity index (χ0n) is 9.49. The van der Waals surface area contributed by atoms with Crippen LogP contribution >= 0.6 is 12.2 Å². The second-order valence-corrected chi connectivity index (χ2v) is 5.22. The number of imidazole rings is 1. The molecule has 0 atom stereocenters. The van der Waals surface area contributed by atoms with Crippen LogP contribution in [0.15, 0.2) is 18.2 Å². The summed E-state index contributed by atoms with van der Waals surface area (Å²) in [6, 6.07) is 6.49. The van der Waals surface area contributed by atoms with Crippen molar-refractivity contribution in [2.24, 2.45) is 5.92 Å². The minimum Gasteiger partial charge on any atom is -0.331 e. The molecule has 2 aromatic rings. The first-order valence-corrected chi connectivity index (χ1v) is 6.34. The maximum atomic E-state index is 5.38. The summed E-state index contributed by atoms with van der Waals surface area (Å²) in [6.07, 6.45) is 4.10. The molecule has 1 aliphatic carbocycles. The monoisotopic (exact) mass is 232 g/mol. The van der Waals surface area contributed by atoms with E-state index in [1.54, 1.807) is 0 Å². The summed E-state index contributed by atoms with van der Waals surface area (Å²) in [7, 11) is 0. The fraction of sp³-hybridized carbons (Fsp3) is 0.462. The fourth-order valence-corrected chi connectivity index (χ4v) is 2.52. The zero-order chi connectivity index (χ0) is 11.1. The summed E-state index contributed by atoms with van der Waals surface area (Å²) in [5, 5.41) is 0. The van der Waals surface area contributed by atoms with Gasteiger partial charge in [-0.25, -0.2) is 0 Å². The van der Waals surface area contributed by atoms with Gasteiger partial charge in [-0.05, 0) is 49.2 Å². The molecule has 1 heterocycles. The number of aromatic nitrogens is 2. The standard InChI is InChI=1S/C13H16N2S/c1-9-2-5-12-11(8-9)14-13(16)15(12)7-6-10-3-4-10/h2,5,8,10H,3-4,6-7H2,1H3,(H,14,16). The number of H-pyrrole nitrogens is 1. The predicted octanol–water partition coefficient (Wildman–Crippen LogP) is 3.81. The Bertz CT molecular complexity index is 575. The van der Waals surface area contributed by atoms with Crippen LogP contribution in [0, 0.1) is 17.6 Å². The highest BCUT2D eigenvalue weighted by molar-refractivity contribution is 7.71. The number of nitrogens with one attached hydrogen (secondary N) is 1. The molecule has 84 valence electrons. The molecule has 1 aliphatic rings. The van der Waals surface area contributed by atoms with Crippen LogP contribution in [0.3, 0.4) is 0 Å². The lowest BCUT2D eigenvalue weighted by Gasteiger charge is -2.03. The number of fused-ring (bicyclic) bond motifs is 1. The van der Waals surface area contributed by atoms with Gasteiger partial charge in [0.05, 0.1) is 11.0 Å². The Hall–Kier alpha value is -1.09. The molecular weight excluding hydrogens is 216 g/mol. The number of hydrogen-bond acceptors (Lipinski definition) is 1. The minimum atomic E-state index is 0.862. The van der Waals surface area contributed by atoms with E-state index in [4.69, 9.17) is 12.2 Å². The maximum Gasteiger partial charge on any atom is 0.178 e. The summed E-state index contributed by atoms with van der Waals surface area (Å²) in [6.45, 7) is 3.17. The average molecular weight is 232 g/mol. The number of aromatic amines is 1. The molecule has 2 nitrogen and oxygen atoms in total. The summed E-state index contributed by atoms with van der Waals surface area (Å²) in [4.78, 5) is 3.29. The van der Waals surface area contributed by atoms with E-state index in [0.717, 1.165) is 17.2 Å². The number of nitrogens with zero attached hydrogens (tertiary/aromatic N) is 1. The molecule has 1 aromatic heterocycles. The Morgan fingerprint density at radius 1 is 1.44 bits per heavy atom. The first-order chi connectivity index (χ1) is 7.74. The summed E-state index contributed by atoms with van der Waals surface area (Å²) in [5.74, 6) is 0.956. The minimum absolute atomic E-state index is 0.862. The van der Waals surface area contributed by atoms with Gasteiger partial charge in [0, 0.05) is 6.54 Å². The average Bonchev–Trinajstić information content (AvgIpc) is 3.00. The normalized spacial score (nSPS) is 15.8. The van der Waals surface area contributed by atoms with Crippen LogP contribution in [0.1, 0.15) is 24.8 Å². The number of hydrogen-bond donors (Lipinski definition) is 1. The van der Waals surface area contributed by atoms with Crippen LogP contribution in [0.25, 0.3) is 11.0 Å². The Balaban J connectivity index is 2.01. The molecule has 3 heteroatoms. The molecule has 3 rings (SSSR count). The van der Waals surface area contributed by atoms with E-state index in [0.29, 0.717) is 0 Å². The molecular formula is C13H16N2S. The summed E-state index contributed by atoms with van der Waals surface area (Å²) < 4.78 is 3.10. The van der Waals surface area contributed by atoms with E-state index >= 15 is 0 Å². The third-order valence-corrected chi connectivity index (χ3v) is 3.71. The van der Waals surface area contributed by atoms with Crippen LogP contribution in [-0.4, -0.2) is 9.55 Å². The molecule has 0 bridgehead atoms. The molecule has 1 saturated carbocycles. The number of rotatable bonds is 3. The topological polar surface area (TPSA) is 20.7 Å². The zero-order valence-corrected chi connectivity index (χ0v) is 10.3. The third-order valence-electron chi connectivity index (χ3n) is 3.39. The molecule has 0 aliphatic heterocycles. The summed E-state index contributed by atoms with van der Waals surface area (Å²) >= 11 is 5.38. The second-order valence-electron chi connectivity index (χ2n) is 4.83. The molecule has 0 unspecified atom stereocenters. The quantitative estimate of drug-likeness (QED) is 0.798. The van der Waals surface area contributed by atoms with Gasteiger partial charge in [-0.3, -0.25) is 0 Å². The first kappa shape index (κ1) is 10.1. The van der Waals surface area contributed by atoms with E-state index in [2.05, 4.69) is 34.7 Å². The van der Waals surface area contributed by atoms with Crippen molar-refractivity contribution in [1.82, 2.24) is 9.55 Å². The van der Waals surface area contributed by atoms with Crippen molar-refractivity contribution >= 4 is 23.3 Å². The molecule has 0 spiro atoms. The van der Waals surface area contributed by atoms with Crippen LogP contribution < -0.4 is 0 Å². The highest BCUT2D eigenvalue weighted by Crippen LogP contribution is 2.33. The molecule has 0 saturated heterocycles. The van der Waals surface area contributed by atoms with Gasteiger partial charge >= 0.3 is 0 Å². The molecule has 1 aromatic carbocycles. The van der Waals surface area contributed by atoms with Crippen LogP contribution in [0.5, 0.6) is 0 Å². The highest BCUT2D eigenvalue weighted by atomic mass is 32.1. The van der Waals surface area contributed by atoms with Gasteiger partial charge in [-0.1, -0.05) is 18.9 Å². The van der Waals surface area contributed by atoms with Crippen LogP contribution in [0.2, 0.25) is 0 Å². The van der Waals surface area contributed by atoms with E-state index in [9.17, 15) is 0 Å². The molecule has 0 radical (unpaired) electrons. The van der Waals surface area contributed by atoms with Crippen molar-refractivity contribution in [3.63, 3.8) is 0 Å². The van der Waals surface area contributed by atoms with Gasteiger partial charge in [0.2, 0.25) is 0 Å². The van der Waals surface area contributed by atoms with Crippen molar-refractivity contribution in [2.45, 2.75) is 32.7 Å². The van der Waals surface area contributed by atoms with Crippen LogP contribution in [0.4, 0.5) is 0 Å². The number of benzene rings is 1. The highest BCUT2D eigenvalue weighted by Gasteiger charge is 2.21. The van der Waals surface area contributed by atoms with E-state index in [-0.39, 0.29) is 0 Å². The van der Waals surface area contributed by atoms with Gasteiger partial charge in [0.15, 0.2) is 4.77 Å². The Morgan fingerprint density at radius 2 is 2.25 bits per heavy atom. The van der Waals surface area contributed by atoms with E-state index in [1.165, 1.54) is 35.9 Å². The second kappa shape index (κ2) is 3.74. The van der Waals surface area contributed by atoms with Crippen molar-refractivity contribution in [3.05, 3.63) is 28.5 Å². The van der Waals surface area contributed by atoms with Gasteiger partial charge in [-0.2, -0.15) is 0 Å². The van der Waals surface area contributed by atoms with Gasteiger partial charge < -0.3 is 9.55 Å². The van der Waals surface area contributed by atoms with Gasteiger partial charge in [0.1, 0.15) is 0 Å². The van der Waals surface area contributed by atoms with Gasteiger partial charge in [0.25, 0.3) is 0 Å². The lowest BCUT2D eigenvalue weighted by atomic mass is 10.2. The predicted molar refractivity (Wildman–Crippen MR) is 69.2 cm³/mol. The molecule has 1 N–H and O–H groups in total. The molecule has 0 amide bonds. The lowest BCUT2D eigenvalue weighted by Crippen LogP contribution is -1.98. The molecule has 1 fully saturated rings. The SMILES string of the molecule is Cc1ccc2c(c1)[nH]c(=S)n2CCC1CC1. The lowest BCUT2D eigenvalue weighted by molar-refractivity contribution is 0.603. The number of aryl methyl sites for hydroxylation is 2. The maximum absolute atomic E-state index is 5.38. The van der Waals surface area contributed by atoms with Crippen molar-refractivity contribution in [3.8, 4) is 0 Å². The largest absolute Gasteiger partial charge is 0.331 e. The Morgan fingerprint density at radius 3 is 3.00 bits per heavy atom. The smallest absolute Gasteiger partial charge is 0.178 e. The molecule has 16 heavy (non-hydrogen) atoms. The van der Waals surface area contributed by atoms with Crippen molar-refractivity contribution in [1.29, 1.82) is 0 Å². The fourth-order valence-electron chi connectivity index (χ4n) is 2.22. The third kappa shape index (κ3) is 1.80. The first-order valence-electron chi connectivity index (χ1n) is 5.93.